The van der Waals surface area contributed by atoms with Crippen LogP contribution in [0.15, 0.2) is 42.5 Å². The van der Waals surface area contributed by atoms with Crippen LogP contribution in [0.25, 0.3) is 11.0 Å². The zero-order valence-corrected chi connectivity index (χ0v) is 20.3. The lowest BCUT2D eigenvalue weighted by molar-refractivity contribution is 0.0827. The predicted molar refractivity (Wildman–Crippen MR) is 133 cm³/mol. The SMILES string of the molecule is CCc1ccc(Nc2nc3cc(C(=O)N(C)C)ccc3n2C2CC(C)CC(C)(C)C2)cc1. The van der Waals surface area contributed by atoms with E-state index in [-0.39, 0.29) is 5.91 Å². The Morgan fingerprint density at radius 1 is 1.16 bits per heavy atom. The van der Waals surface area contributed by atoms with Crippen molar-refractivity contribution in [1.29, 1.82) is 0 Å². The van der Waals surface area contributed by atoms with Gasteiger partial charge in [0.2, 0.25) is 5.95 Å². The molecule has 0 radical (unpaired) electrons. The molecule has 1 saturated carbocycles. The summed E-state index contributed by atoms with van der Waals surface area (Å²) in [5.74, 6) is 1.51. The maximum Gasteiger partial charge on any atom is 0.253 e. The van der Waals surface area contributed by atoms with Crippen molar-refractivity contribution >= 4 is 28.6 Å². The summed E-state index contributed by atoms with van der Waals surface area (Å²) in [5.41, 5.74) is 5.26. The number of hydrogen-bond donors (Lipinski definition) is 1. The summed E-state index contributed by atoms with van der Waals surface area (Å²) >= 11 is 0. The van der Waals surface area contributed by atoms with Crippen molar-refractivity contribution < 1.29 is 4.79 Å². The molecule has 1 amide bonds. The number of imidazole rings is 1. The molecule has 170 valence electrons. The summed E-state index contributed by atoms with van der Waals surface area (Å²) in [5, 5.41) is 3.58. The Kier molecular flexibility index (Phi) is 6.02. The number of amides is 1. The highest BCUT2D eigenvalue weighted by molar-refractivity contribution is 5.97. The van der Waals surface area contributed by atoms with Gasteiger partial charge in [-0.15, -0.1) is 0 Å². The number of rotatable bonds is 5. The van der Waals surface area contributed by atoms with Crippen LogP contribution in [0.1, 0.15) is 68.9 Å². The maximum atomic E-state index is 12.5. The lowest BCUT2D eigenvalue weighted by Gasteiger charge is -2.40. The van der Waals surface area contributed by atoms with Crippen LogP contribution >= 0.6 is 0 Å². The van der Waals surface area contributed by atoms with Gasteiger partial charge in [-0.2, -0.15) is 0 Å². The fourth-order valence-electron chi connectivity index (χ4n) is 5.39. The molecule has 1 fully saturated rings. The number of aromatic nitrogens is 2. The Balaban J connectivity index is 1.80. The number of fused-ring (bicyclic) bond motifs is 1. The molecule has 1 aliphatic rings. The summed E-state index contributed by atoms with van der Waals surface area (Å²) < 4.78 is 2.38. The van der Waals surface area contributed by atoms with E-state index >= 15 is 0 Å². The van der Waals surface area contributed by atoms with Crippen molar-refractivity contribution in [3.63, 3.8) is 0 Å². The van der Waals surface area contributed by atoms with E-state index in [1.54, 1.807) is 19.0 Å². The van der Waals surface area contributed by atoms with Crippen LogP contribution in [-0.2, 0) is 6.42 Å². The van der Waals surface area contributed by atoms with Crippen LogP contribution in [0.5, 0.6) is 0 Å². The molecular weight excluding hydrogens is 396 g/mol. The molecule has 3 aromatic rings. The van der Waals surface area contributed by atoms with E-state index in [4.69, 9.17) is 4.98 Å². The van der Waals surface area contributed by atoms with E-state index in [9.17, 15) is 4.79 Å². The molecule has 5 nitrogen and oxygen atoms in total. The molecule has 1 heterocycles. The minimum atomic E-state index is -0.00136. The van der Waals surface area contributed by atoms with Crippen molar-refractivity contribution in [3.05, 3.63) is 53.6 Å². The van der Waals surface area contributed by atoms with Crippen LogP contribution in [0.2, 0.25) is 0 Å². The van der Waals surface area contributed by atoms with Gasteiger partial charge in [0.1, 0.15) is 0 Å². The van der Waals surface area contributed by atoms with E-state index in [1.807, 2.05) is 12.1 Å². The Labute approximate surface area is 191 Å². The molecule has 0 aliphatic heterocycles. The Bertz CT molecular complexity index is 1110. The topological polar surface area (TPSA) is 50.2 Å². The first-order chi connectivity index (χ1) is 15.2. The molecule has 2 atom stereocenters. The number of aryl methyl sites for hydroxylation is 1. The number of carbonyl (C=O) groups is 1. The predicted octanol–water partition coefficient (Wildman–Crippen LogP) is 6.43. The fraction of sp³-hybridized carbons (Fsp3) is 0.481. The van der Waals surface area contributed by atoms with Crippen LogP contribution in [0.4, 0.5) is 11.6 Å². The Morgan fingerprint density at radius 3 is 2.50 bits per heavy atom. The molecule has 0 saturated heterocycles. The van der Waals surface area contributed by atoms with Crippen LogP contribution in [0, 0.1) is 11.3 Å². The van der Waals surface area contributed by atoms with Crippen LogP contribution < -0.4 is 5.32 Å². The minimum absolute atomic E-state index is 0.00136. The number of nitrogens with one attached hydrogen (secondary N) is 1. The normalized spacial score (nSPS) is 20.3. The molecule has 2 aromatic carbocycles. The smallest absolute Gasteiger partial charge is 0.253 e. The van der Waals surface area contributed by atoms with Gasteiger partial charge in [0.25, 0.3) is 5.91 Å². The first kappa shape index (κ1) is 22.4. The standard InChI is InChI=1S/C27H36N4O/c1-7-19-8-11-21(12-9-19)28-26-29-23-15-20(25(32)30(5)6)10-13-24(23)31(26)22-14-18(2)16-27(3,4)17-22/h8-13,15,18,22H,7,14,16-17H2,1-6H3,(H,28,29). The van der Waals surface area contributed by atoms with Gasteiger partial charge in [0.05, 0.1) is 11.0 Å². The summed E-state index contributed by atoms with van der Waals surface area (Å²) in [4.78, 5) is 19.1. The van der Waals surface area contributed by atoms with Crippen molar-refractivity contribution in [2.45, 2.75) is 59.4 Å². The molecule has 0 spiro atoms. The third kappa shape index (κ3) is 4.52. The molecule has 32 heavy (non-hydrogen) atoms. The van der Waals surface area contributed by atoms with Gasteiger partial charge in [0, 0.05) is 31.4 Å². The Morgan fingerprint density at radius 2 is 1.88 bits per heavy atom. The number of carbonyl (C=O) groups excluding carboxylic acids is 1. The van der Waals surface area contributed by atoms with E-state index in [2.05, 4.69) is 67.9 Å². The monoisotopic (exact) mass is 432 g/mol. The number of benzene rings is 2. The fourth-order valence-corrected chi connectivity index (χ4v) is 5.39. The third-order valence-corrected chi connectivity index (χ3v) is 6.69. The van der Waals surface area contributed by atoms with Gasteiger partial charge in [0.15, 0.2) is 0 Å². The van der Waals surface area contributed by atoms with Gasteiger partial charge in [-0.05, 0) is 72.9 Å². The molecule has 1 aromatic heterocycles. The second-order valence-corrected chi connectivity index (χ2v) is 10.5. The number of nitrogens with zero attached hydrogens (tertiary/aromatic N) is 3. The molecule has 0 bridgehead atoms. The molecule has 1 N–H and O–H groups in total. The second-order valence-electron chi connectivity index (χ2n) is 10.5. The lowest BCUT2D eigenvalue weighted by Crippen LogP contribution is -2.29. The van der Waals surface area contributed by atoms with E-state index < -0.39 is 0 Å². The van der Waals surface area contributed by atoms with Gasteiger partial charge in [-0.25, -0.2) is 4.98 Å². The van der Waals surface area contributed by atoms with Gasteiger partial charge in [-0.1, -0.05) is 39.8 Å². The summed E-state index contributed by atoms with van der Waals surface area (Å²) in [6, 6.07) is 14.9. The zero-order valence-electron chi connectivity index (χ0n) is 20.3. The first-order valence-electron chi connectivity index (χ1n) is 11.8. The Hall–Kier alpha value is -2.82. The van der Waals surface area contributed by atoms with E-state index in [0.717, 1.165) is 41.9 Å². The summed E-state index contributed by atoms with van der Waals surface area (Å²) in [6.45, 7) is 9.27. The highest BCUT2D eigenvalue weighted by atomic mass is 16.2. The van der Waals surface area contributed by atoms with Crippen molar-refractivity contribution in [1.82, 2.24) is 14.5 Å². The molecule has 4 rings (SSSR count). The number of hydrogen-bond acceptors (Lipinski definition) is 3. The highest BCUT2D eigenvalue weighted by Crippen LogP contribution is 2.46. The van der Waals surface area contributed by atoms with Crippen LogP contribution in [-0.4, -0.2) is 34.5 Å². The van der Waals surface area contributed by atoms with E-state index in [1.165, 1.54) is 12.0 Å². The van der Waals surface area contributed by atoms with Gasteiger partial charge in [-0.3, -0.25) is 4.79 Å². The highest BCUT2D eigenvalue weighted by Gasteiger charge is 2.34. The average molecular weight is 433 g/mol. The van der Waals surface area contributed by atoms with Crippen molar-refractivity contribution in [2.75, 3.05) is 19.4 Å². The third-order valence-electron chi connectivity index (χ3n) is 6.69. The minimum Gasteiger partial charge on any atom is -0.345 e. The maximum absolute atomic E-state index is 12.5. The largest absolute Gasteiger partial charge is 0.345 e. The quantitative estimate of drug-likeness (QED) is 0.505. The second kappa shape index (κ2) is 8.61. The van der Waals surface area contributed by atoms with Crippen molar-refractivity contribution in [3.8, 4) is 0 Å². The van der Waals surface area contributed by atoms with Crippen molar-refractivity contribution in [2.24, 2.45) is 11.3 Å². The summed E-state index contributed by atoms with van der Waals surface area (Å²) in [6.07, 6.45) is 4.52. The lowest BCUT2D eigenvalue weighted by atomic mass is 9.70. The number of anilines is 2. The van der Waals surface area contributed by atoms with Gasteiger partial charge < -0.3 is 14.8 Å². The molecular formula is C27H36N4O. The summed E-state index contributed by atoms with van der Waals surface area (Å²) in [7, 11) is 3.56. The van der Waals surface area contributed by atoms with Crippen LogP contribution in [0.3, 0.4) is 0 Å². The first-order valence-corrected chi connectivity index (χ1v) is 11.8. The molecule has 1 aliphatic carbocycles. The van der Waals surface area contributed by atoms with Gasteiger partial charge >= 0.3 is 0 Å². The molecule has 5 heteroatoms. The van der Waals surface area contributed by atoms with E-state index in [0.29, 0.717) is 22.9 Å². The molecule has 2 unspecified atom stereocenters. The average Bonchev–Trinajstić information content (AvgIpc) is 3.09. The zero-order chi connectivity index (χ0) is 23.0.